The minimum absolute atomic E-state index is 0.0899. The molecule has 0 rings (SSSR count). The van der Waals surface area contributed by atoms with Crippen molar-refractivity contribution in [3.05, 3.63) is 10.4 Å². The molecular formula is C14H27N3O14. The van der Waals surface area contributed by atoms with Crippen molar-refractivity contribution in [3.8, 4) is 0 Å². The maximum absolute atomic E-state index is 10.3. The second-order valence-electron chi connectivity index (χ2n) is 4.68. The van der Waals surface area contributed by atoms with E-state index in [0.717, 1.165) is 27.7 Å². The molecule has 0 heterocycles. The molecule has 8 N–H and O–H groups in total. The molecule has 17 heteroatoms. The lowest BCUT2D eigenvalue weighted by atomic mass is 10.0. The average molecular weight is 461 g/mol. The number of carboxylic acids is 4. The molecule has 0 unspecified atom stereocenters. The second kappa shape index (κ2) is 26.5. The third-order valence-corrected chi connectivity index (χ3v) is 1.61. The van der Waals surface area contributed by atoms with E-state index in [4.69, 9.17) is 60.5 Å². The van der Waals surface area contributed by atoms with Gasteiger partial charge in [0.1, 0.15) is 23.6 Å². The van der Waals surface area contributed by atoms with E-state index in [1.54, 1.807) is 0 Å². The highest BCUT2D eigenvalue weighted by molar-refractivity contribution is 5.63. The van der Waals surface area contributed by atoms with Crippen LogP contribution in [0.1, 0.15) is 27.7 Å². The van der Waals surface area contributed by atoms with Crippen LogP contribution in [-0.2, 0) is 28.8 Å². The van der Waals surface area contributed by atoms with Crippen LogP contribution in [0.5, 0.6) is 0 Å². The summed E-state index contributed by atoms with van der Waals surface area (Å²) >= 11 is 0. The summed E-state index contributed by atoms with van der Waals surface area (Å²) in [7, 11) is 0. The summed E-state index contributed by atoms with van der Waals surface area (Å²) in [4.78, 5) is 52.7. The number of carbonyl (C=O) groups excluding carboxylic acids is 1. The summed E-state index contributed by atoms with van der Waals surface area (Å²) in [6.45, 7) is 3.53. The van der Waals surface area contributed by atoms with E-state index >= 15 is 0 Å². The first-order valence-corrected chi connectivity index (χ1v) is 7.60. The van der Waals surface area contributed by atoms with Gasteiger partial charge in [-0.3, -0.25) is 24.0 Å². The first-order valence-electron chi connectivity index (χ1n) is 7.60. The molecule has 0 amide bonds. The molecule has 0 aliphatic rings. The Hall–Kier alpha value is -3.50. The number of aldehydes is 1. The van der Waals surface area contributed by atoms with E-state index < -0.39 is 54.9 Å². The number of carboxylic acid groups (broad SMARTS) is 4. The van der Waals surface area contributed by atoms with Crippen molar-refractivity contribution in [2.75, 3.05) is 6.61 Å². The quantitative estimate of drug-likeness (QED) is 0.0684. The second-order valence-corrected chi connectivity index (χ2v) is 4.68. The molecule has 0 aliphatic heterocycles. The van der Waals surface area contributed by atoms with Gasteiger partial charge < -0.3 is 45.7 Å². The topological polar surface area (TPSA) is 305 Å². The van der Waals surface area contributed by atoms with Crippen LogP contribution in [-0.4, -0.2) is 102 Å². The minimum Gasteiger partial charge on any atom is -0.481 e. The van der Waals surface area contributed by atoms with E-state index in [-0.39, 0.29) is 6.29 Å². The van der Waals surface area contributed by atoms with Gasteiger partial charge in [0, 0.05) is 32.6 Å². The largest absolute Gasteiger partial charge is 0.481 e. The third-order valence-electron chi connectivity index (χ3n) is 1.61. The smallest absolute Gasteiger partial charge is 0.300 e. The first-order chi connectivity index (χ1) is 14.0. The Labute approximate surface area is 175 Å². The average Bonchev–Trinajstić information content (AvgIpc) is 2.58. The van der Waals surface area contributed by atoms with Crippen molar-refractivity contribution < 1.29 is 69.7 Å². The number of hydrogen-bond donors (Lipinski definition) is 8. The number of aliphatic carboxylic acids is 4. The van der Waals surface area contributed by atoms with Gasteiger partial charge in [0.25, 0.3) is 23.9 Å². The molecule has 0 fully saturated rings. The maximum Gasteiger partial charge on any atom is 0.300 e. The lowest BCUT2D eigenvalue weighted by Crippen LogP contribution is -2.46. The van der Waals surface area contributed by atoms with E-state index in [1.165, 1.54) is 0 Å². The highest BCUT2D eigenvalue weighted by atomic mass is 16.7. The minimum atomic E-state index is -1.81. The zero-order valence-electron chi connectivity index (χ0n) is 17.0. The zero-order chi connectivity index (χ0) is 26.2. The summed E-state index contributed by atoms with van der Waals surface area (Å²) in [5.41, 5.74) is 7.87. The molecule has 0 aromatic rings. The molecule has 4 atom stereocenters. The summed E-state index contributed by atoms with van der Waals surface area (Å²) in [5.74, 6) is -3.33. The summed E-state index contributed by atoms with van der Waals surface area (Å²) in [5, 5.41) is 68.0. The predicted octanol–water partition coefficient (Wildman–Crippen LogP) is -1.77. The van der Waals surface area contributed by atoms with Gasteiger partial charge in [-0.2, -0.15) is 0 Å². The molecule has 0 spiro atoms. The number of rotatable bonds is 7. The van der Waals surface area contributed by atoms with Gasteiger partial charge in [-0.1, -0.05) is 0 Å². The fourth-order valence-electron chi connectivity index (χ4n) is 0.773. The van der Waals surface area contributed by atoms with Gasteiger partial charge in [-0.05, 0) is 5.53 Å². The SMILES string of the molecule is CC(=O)O.CC(=O)O.CC(=O)O.CC(=O)O.[N-]=[N+]=NO[C@@H](C=O)[C@@H](O)[C@H](O)[C@H](O)CO. The third kappa shape index (κ3) is 58.4. The van der Waals surface area contributed by atoms with Crippen LogP contribution in [0, 0.1) is 0 Å². The Kier molecular flexibility index (Phi) is 32.6. The van der Waals surface area contributed by atoms with Crippen molar-refractivity contribution in [1.82, 2.24) is 0 Å². The molecule has 0 aromatic heterocycles. The highest BCUT2D eigenvalue weighted by Gasteiger charge is 2.32. The van der Waals surface area contributed by atoms with Crippen LogP contribution in [0.4, 0.5) is 0 Å². The Morgan fingerprint density at radius 1 is 0.871 bits per heavy atom. The van der Waals surface area contributed by atoms with Crippen LogP contribution in [0.2, 0.25) is 0 Å². The number of carbonyl (C=O) groups is 5. The number of hydrogen-bond acceptors (Lipinski definition) is 11. The highest BCUT2D eigenvalue weighted by Crippen LogP contribution is 2.07. The van der Waals surface area contributed by atoms with E-state index in [1.807, 2.05) is 0 Å². The number of aliphatic hydroxyl groups excluding tert-OH is 4. The van der Waals surface area contributed by atoms with E-state index in [9.17, 15) is 9.90 Å². The van der Waals surface area contributed by atoms with Gasteiger partial charge in [-0.25, -0.2) is 0 Å². The molecule has 182 valence electrons. The fourth-order valence-corrected chi connectivity index (χ4v) is 0.773. The lowest BCUT2D eigenvalue weighted by molar-refractivity contribution is -0.146. The number of nitrogens with zero attached hydrogens (tertiary/aromatic N) is 3. The van der Waals surface area contributed by atoms with Gasteiger partial charge in [0.2, 0.25) is 0 Å². The normalized spacial score (nSPS) is 12.0. The van der Waals surface area contributed by atoms with Crippen LogP contribution in [0.15, 0.2) is 5.28 Å². The van der Waals surface area contributed by atoms with Gasteiger partial charge in [0.15, 0.2) is 12.4 Å². The summed E-state index contributed by atoms with van der Waals surface area (Å²) in [6, 6.07) is 0. The van der Waals surface area contributed by atoms with Crippen molar-refractivity contribution in [2.45, 2.75) is 52.1 Å². The lowest BCUT2D eigenvalue weighted by Gasteiger charge is -2.24. The van der Waals surface area contributed by atoms with Crippen LogP contribution in [0.25, 0.3) is 10.4 Å². The fraction of sp³-hybridized carbons (Fsp3) is 0.643. The molecule has 0 aromatic carbocycles. The Morgan fingerprint density at radius 3 is 1.35 bits per heavy atom. The Balaban J connectivity index is -0.000000114. The zero-order valence-corrected chi connectivity index (χ0v) is 17.0. The van der Waals surface area contributed by atoms with Crippen LogP contribution >= 0.6 is 0 Å². The first kappa shape index (κ1) is 38.1. The van der Waals surface area contributed by atoms with Crippen molar-refractivity contribution in [2.24, 2.45) is 5.28 Å². The number of aliphatic hydroxyl groups is 4. The molecule has 17 nitrogen and oxygen atoms in total. The molecule has 31 heavy (non-hydrogen) atoms. The van der Waals surface area contributed by atoms with Crippen molar-refractivity contribution in [1.29, 1.82) is 0 Å². The van der Waals surface area contributed by atoms with Crippen LogP contribution in [0.3, 0.4) is 0 Å². The van der Waals surface area contributed by atoms with Gasteiger partial charge in [-0.15, -0.1) is 0 Å². The van der Waals surface area contributed by atoms with E-state index in [2.05, 4.69) is 15.0 Å². The van der Waals surface area contributed by atoms with Crippen LogP contribution < -0.4 is 0 Å². The molecule has 0 saturated heterocycles. The van der Waals surface area contributed by atoms with Gasteiger partial charge >= 0.3 is 0 Å². The molecule has 0 bridgehead atoms. The standard InChI is InChI=1S/C6H11N3O6.4C2H4O2/c7-8-9-15-4(2-11)6(14)5(13)3(12)1-10;4*1-2(3)4/h2-6,10,12-14H,1H2;4*1H3,(H,3,4)/t3-,4+,5-,6-;;;;/m1..../s1. The molecule has 0 aliphatic carbocycles. The summed E-state index contributed by atoms with van der Waals surface area (Å²) in [6.07, 6.45) is -6.75. The Morgan fingerprint density at radius 2 is 1.16 bits per heavy atom. The van der Waals surface area contributed by atoms with Crippen molar-refractivity contribution >= 4 is 30.2 Å². The number of azide groups is 1. The van der Waals surface area contributed by atoms with E-state index in [0.29, 0.717) is 0 Å². The predicted molar refractivity (Wildman–Crippen MR) is 98.4 cm³/mol. The molecular weight excluding hydrogens is 434 g/mol. The van der Waals surface area contributed by atoms with Gasteiger partial charge in [0.05, 0.1) is 6.61 Å². The monoisotopic (exact) mass is 461 g/mol. The maximum atomic E-state index is 10.3. The molecule has 0 radical (unpaired) electrons. The Bertz CT molecular complexity index is 500. The molecule has 0 saturated carbocycles. The van der Waals surface area contributed by atoms with Crippen molar-refractivity contribution in [3.63, 3.8) is 0 Å². The summed E-state index contributed by atoms with van der Waals surface area (Å²) < 4.78 is 0.